The van der Waals surface area contributed by atoms with Gasteiger partial charge in [0.1, 0.15) is 0 Å². The Kier molecular flexibility index (Phi) is 6.19. The molecule has 1 aliphatic rings. The maximum Gasteiger partial charge on any atom is 0.224 e. The number of hydrogen-bond acceptors (Lipinski definition) is 4. The summed E-state index contributed by atoms with van der Waals surface area (Å²) >= 11 is 0. The highest BCUT2D eigenvalue weighted by molar-refractivity contribution is 5.92. The van der Waals surface area contributed by atoms with Gasteiger partial charge >= 0.3 is 0 Å². The van der Waals surface area contributed by atoms with Crippen LogP contribution in [0.15, 0.2) is 42.5 Å². The minimum atomic E-state index is -0.126. The van der Waals surface area contributed by atoms with Crippen LogP contribution in [-0.4, -0.2) is 26.0 Å². The lowest BCUT2D eigenvalue weighted by molar-refractivity contribution is -0.117. The van der Waals surface area contributed by atoms with Crippen LogP contribution < -0.4 is 20.1 Å². The second-order valence-corrected chi connectivity index (χ2v) is 7.07. The number of benzene rings is 2. The first kappa shape index (κ1) is 19.7. The van der Waals surface area contributed by atoms with Crippen molar-refractivity contribution in [2.75, 3.05) is 24.9 Å². The standard InChI is InChI=1S/C22H26N2O4/c1-14(25)23-17-7-9-18(10-8-17)24-22(26)13-19(15-4-5-15)16-6-11-20(27-2)21(12-16)28-3/h6-12,15,19H,4-5,13H2,1-3H3,(H,23,25)(H,24,26). The van der Waals surface area contributed by atoms with Gasteiger partial charge in [0.2, 0.25) is 11.8 Å². The van der Waals surface area contributed by atoms with Crippen LogP contribution in [0.4, 0.5) is 11.4 Å². The van der Waals surface area contributed by atoms with E-state index >= 15 is 0 Å². The van der Waals surface area contributed by atoms with Crippen LogP contribution in [0.3, 0.4) is 0 Å². The summed E-state index contributed by atoms with van der Waals surface area (Å²) in [7, 11) is 3.23. The molecule has 1 unspecified atom stereocenters. The van der Waals surface area contributed by atoms with Gasteiger partial charge in [0, 0.05) is 24.7 Å². The van der Waals surface area contributed by atoms with Gasteiger partial charge in [0.25, 0.3) is 0 Å². The monoisotopic (exact) mass is 382 g/mol. The van der Waals surface area contributed by atoms with E-state index in [0.29, 0.717) is 35.2 Å². The summed E-state index contributed by atoms with van der Waals surface area (Å²) in [5.74, 6) is 1.88. The van der Waals surface area contributed by atoms with Gasteiger partial charge in [0.15, 0.2) is 11.5 Å². The van der Waals surface area contributed by atoms with Gasteiger partial charge in [-0.05, 0) is 66.6 Å². The smallest absolute Gasteiger partial charge is 0.224 e. The molecule has 0 bridgehead atoms. The van der Waals surface area contributed by atoms with E-state index in [1.165, 1.54) is 6.92 Å². The lowest BCUT2D eigenvalue weighted by atomic mass is 9.90. The van der Waals surface area contributed by atoms with Crippen LogP contribution in [0, 0.1) is 5.92 Å². The fraction of sp³-hybridized carbons (Fsp3) is 0.364. The highest BCUT2D eigenvalue weighted by Crippen LogP contribution is 2.46. The van der Waals surface area contributed by atoms with Crippen LogP contribution in [0.2, 0.25) is 0 Å². The number of rotatable bonds is 8. The maximum atomic E-state index is 12.6. The lowest BCUT2D eigenvalue weighted by Gasteiger charge is -2.18. The molecule has 1 atom stereocenters. The zero-order valence-corrected chi connectivity index (χ0v) is 16.5. The molecule has 0 aliphatic heterocycles. The Bertz CT molecular complexity index is 844. The number of anilines is 2. The van der Waals surface area contributed by atoms with Gasteiger partial charge < -0.3 is 20.1 Å². The molecular weight excluding hydrogens is 356 g/mol. The Hall–Kier alpha value is -3.02. The quantitative estimate of drug-likeness (QED) is 0.718. The summed E-state index contributed by atoms with van der Waals surface area (Å²) in [6.45, 7) is 1.46. The van der Waals surface area contributed by atoms with Crippen molar-refractivity contribution in [3.8, 4) is 11.5 Å². The van der Waals surface area contributed by atoms with E-state index in [9.17, 15) is 9.59 Å². The Morgan fingerprint density at radius 2 is 1.57 bits per heavy atom. The van der Waals surface area contributed by atoms with Crippen LogP contribution in [-0.2, 0) is 9.59 Å². The first-order valence-corrected chi connectivity index (χ1v) is 9.39. The molecule has 0 aromatic heterocycles. The molecular formula is C22H26N2O4. The molecule has 6 heteroatoms. The molecule has 1 saturated carbocycles. The number of amides is 2. The van der Waals surface area contributed by atoms with Crippen molar-refractivity contribution in [2.45, 2.75) is 32.1 Å². The molecule has 0 spiro atoms. The summed E-state index contributed by atoms with van der Waals surface area (Å²) in [5, 5.41) is 5.66. The molecule has 2 aromatic rings. The first-order valence-electron chi connectivity index (χ1n) is 9.39. The van der Waals surface area contributed by atoms with Crippen molar-refractivity contribution in [1.82, 2.24) is 0 Å². The van der Waals surface area contributed by atoms with E-state index in [4.69, 9.17) is 9.47 Å². The summed E-state index contributed by atoms with van der Waals surface area (Å²) in [4.78, 5) is 23.7. The number of hydrogen-bond donors (Lipinski definition) is 2. The molecule has 2 aromatic carbocycles. The summed E-state index contributed by atoms with van der Waals surface area (Å²) in [5.41, 5.74) is 2.50. The van der Waals surface area contributed by atoms with Crippen LogP contribution in [0.25, 0.3) is 0 Å². The first-order chi connectivity index (χ1) is 13.5. The van der Waals surface area contributed by atoms with Crippen LogP contribution >= 0.6 is 0 Å². The molecule has 1 fully saturated rings. The van der Waals surface area contributed by atoms with Crippen molar-refractivity contribution in [1.29, 1.82) is 0 Å². The van der Waals surface area contributed by atoms with Gasteiger partial charge in [-0.25, -0.2) is 0 Å². The molecule has 6 nitrogen and oxygen atoms in total. The van der Waals surface area contributed by atoms with E-state index in [-0.39, 0.29) is 17.7 Å². The van der Waals surface area contributed by atoms with E-state index < -0.39 is 0 Å². The van der Waals surface area contributed by atoms with Gasteiger partial charge in [-0.3, -0.25) is 9.59 Å². The van der Waals surface area contributed by atoms with Gasteiger partial charge in [-0.1, -0.05) is 6.07 Å². The molecule has 3 rings (SSSR count). The third-order valence-corrected chi connectivity index (χ3v) is 4.92. The van der Waals surface area contributed by atoms with E-state index in [0.717, 1.165) is 18.4 Å². The molecule has 0 radical (unpaired) electrons. The fourth-order valence-electron chi connectivity index (χ4n) is 3.39. The van der Waals surface area contributed by atoms with Crippen molar-refractivity contribution >= 4 is 23.2 Å². The number of nitrogens with one attached hydrogen (secondary N) is 2. The second-order valence-electron chi connectivity index (χ2n) is 7.07. The molecule has 2 amide bonds. The highest BCUT2D eigenvalue weighted by Gasteiger charge is 2.34. The van der Waals surface area contributed by atoms with Crippen molar-refractivity contribution in [3.05, 3.63) is 48.0 Å². The molecule has 28 heavy (non-hydrogen) atoms. The summed E-state index contributed by atoms with van der Waals surface area (Å²) in [6.07, 6.45) is 2.68. The van der Waals surface area contributed by atoms with Crippen molar-refractivity contribution in [2.24, 2.45) is 5.92 Å². The lowest BCUT2D eigenvalue weighted by Crippen LogP contribution is -2.17. The highest BCUT2D eigenvalue weighted by atomic mass is 16.5. The number of carbonyl (C=O) groups is 2. The molecule has 1 aliphatic carbocycles. The third kappa shape index (κ3) is 5.03. The number of ether oxygens (including phenoxy) is 2. The predicted molar refractivity (Wildman–Crippen MR) is 109 cm³/mol. The predicted octanol–water partition coefficient (Wildman–Crippen LogP) is 4.18. The van der Waals surface area contributed by atoms with Gasteiger partial charge in [-0.2, -0.15) is 0 Å². The second kappa shape index (κ2) is 8.78. The Morgan fingerprint density at radius 3 is 2.11 bits per heavy atom. The Morgan fingerprint density at radius 1 is 0.964 bits per heavy atom. The number of methoxy groups -OCH3 is 2. The Labute approximate surface area is 165 Å². The largest absolute Gasteiger partial charge is 0.493 e. The minimum absolute atomic E-state index is 0.0287. The molecule has 148 valence electrons. The fourth-order valence-corrected chi connectivity index (χ4v) is 3.39. The summed E-state index contributed by atoms with van der Waals surface area (Å²) in [6, 6.07) is 13.0. The Balaban J connectivity index is 1.67. The SMILES string of the molecule is COc1ccc(C(CC(=O)Nc2ccc(NC(C)=O)cc2)C2CC2)cc1OC. The summed E-state index contributed by atoms with van der Waals surface area (Å²) < 4.78 is 10.7. The average Bonchev–Trinajstić information content (AvgIpc) is 3.52. The van der Waals surface area contributed by atoms with Crippen molar-refractivity contribution in [3.63, 3.8) is 0 Å². The average molecular weight is 382 g/mol. The molecule has 0 heterocycles. The zero-order valence-electron chi connectivity index (χ0n) is 16.5. The molecule has 2 N–H and O–H groups in total. The maximum absolute atomic E-state index is 12.6. The third-order valence-electron chi connectivity index (χ3n) is 4.92. The van der Waals surface area contributed by atoms with Gasteiger partial charge in [0.05, 0.1) is 14.2 Å². The normalized spacial score (nSPS) is 14.1. The topological polar surface area (TPSA) is 76.7 Å². The van der Waals surface area contributed by atoms with E-state index in [2.05, 4.69) is 10.6 Å². The van der Waals surface area contributed by atoms with E-state index in [1.54, 1.807) is 38.5 Å². The van der Waals surface area contributed by atoms with Crippen LogP contribution in [0.1, 0.15) is 37.7 Å². The number of carbonyl (C=O) groups excluding carboxylic acids is 2. The van der Waals surface area contributed by atoms with Gasteiger partial charge in [-0.15, -0.1) is 0 Å². The van der Waals surface area contributed by atoms with E-state index in [1.807, 2.05) is 18.2 Å². The minimum Gasteiger partial charge on any atom is -0.493 e. The van der Waals surface area contributed by atoms with Crippen molar-refractivity contribution < 1.29 is 19.1 Å². The molecule has 0 saturated heterocycles. The zero-order chi connectivity index (χ0) is 20.1. The van der Waals surface area contributed by atoms with Crippen LogP contribution in [0.5, 0.6) is 11.5 Å².